The van der Waals surface area contributed by atoms with E-state index < -0.39 is 11.9 Å². The lowest BCUT2D eigenvalue weighted by atomic mass is 9.83. The molecular formula is C42H34N2O5. The fourth-order valence-electron chi connectivity index (χ4n) is 6.50. The van der Waals surface area contributed by atoms with Gasteiger partial charge in [-0.05, 0) is 36.1 Å². The van der Waals surface area contributed by atoms with Gasteiger partial charge in [-0.2, -0.15) is 0 Å². The van der Waals surface area contributed by atoms with Crippen molar-refractivity contribution < 1.29 is 23.5 Å². The van der Waals surface area contributed by atoms with Gasteiger partial charge in [-0.1, -0.05) is 121 Å². The Bertz CT molecular complexity index is 2000. The Morgan fingerprint density at radius 1 is 0.531 bits per heavy atom. The van der Waals surface area contributed by atoms with Crippen LogP contribution in [-0.2, 0) is 9.47 Å². The van der Waals surface area contributed by atoms with Crippen molar-refractivity contribution in [1.82, 2.24) is 9.97 Å². The van der Waals surface area contributed by atoms with Crippen molar-refractivity contribution in [2.45, 2.75) is 25.7 Å². The van der Waals surface area contributed by atoms with Crippen LogP contribution in [0.3, 0.4) is 0 Å². The predicted molar refractivity (Wildman–Crippen MR) is 189 cm³/mol. The van der Waals surface area contributed by atoms with Gasteiger partial charge in [-0.3, -0.25) is 0 Å². The van der Waals surface area contributed by atoms with E-state index in [9.17, 15) is 9.59 Å². The molecule has 0 atom stereocenters. The Morgan fingerprint density at radius 2 is 0.837 bits per heavy atom. The second-order valence-electron chi connectivity index (χ2n) is 11.6. The molecule has 0 aliphatic carbocycles. The topological polar surface area (TPSA) is 91.5 Å². The van der Waals surface area contributed by atoms with E-state index in [0.717, 1.165) is 22.3 Å². The monoisotopic (exact) mass is 646 g/mol. The number of nitrogens with zero attached hydrogens (tertiary/aromatic N) is 2. The highest BCUT2D eigenvalue weighted by molar-refractivity contribution is 6.11. The highest BCUT2D eigenvalue weighted by Crippen LogP contribution is 2.44. The van der Waals surface area contributed by atoms with Gasteiger partial charge in [-0.15, -0.1) is 0 Å². The van der Waals surface area contributed by atoms with E-state index >= 15 is 0 Å². The van der Waals surface area contributed by atoms with Crippen LogP contribution in [0.15, 0.2) is 138 Å². The highest BCUT2D eigenvalue weighted by atomic mass is 16.5. The number of furan rings is 1. The number of benzene rings is 4. The highest BCUT2D eigenvalue weighted by Gasteiger charge is 2.31. The average Bonchev–Trinajstić information content (AvgIpc) is 3.53. The molecule has 7 aromatic rings. The summed E-state index contributed by atoms with van der Waals surface area (Å²) in [5.41, 5.74) is 6.29. The zero-order valence-electron chi connectivity index (χ0n) is 27.2. The summed E-state index contributed by atoms with van der Waals surface area (Å²) in [6.45, 7) is 3.91. The number of esters is 2. The van der Waals surface area contributed by atoms with Crippen LogP contribution in [0, 0.1) is 0 Å². The molecule has 0 aliphatic rings. The molecule has 4 aromatic carbocycles. The van der Waals surface area contributed by atoms with E-state index in [1.54, 1.807) is 26.0 Å². The quantitative estimate of drug-likeness (QED) is 0.137. The van der Waals surface area contributed by atoms with E-state index in [0.29, 0.717) is 33.3 Å². The van der Waals surface area contributed by atoms with E-state index in [1.807, 2.05) is 72.8 Å². The molecule has 242 valence electrons. The first-order chi connectivity index (χ1) is 24.1. The molecule has 0 amide bonds. The number of aromatic nitrogens is 2. The smallest absolute Gasteiger partial charge is 0.357 e. The predicted octanol–water partition coefficient (Wildman–Crippen LogP) is 9.09. The third-order valence-electron chi connectivity index (χ3n) is 8.54. The van der Waals surface area contributed by atoms with E-state index in [1.165, 1.54) is 0 Å². The Hall–Kier alpha value is -6.08. The lowest BCUT2D eigenvalue weighted by Gasteiger charge is -2.22. The number of carbonyl (C=O) groups excluding carboxylic acids is 2. The van der Waals surface area contributed by atoms with Gasteiger partial charge in [0.25, 0.3) is 0 Å². The van der Waals surface area contributed by atoms with Crippen molar-refractivity contribution in [2.75, 3.05) is 13.2 Å². The molecule has 0 N–H and O–H groups in total. The van der Waals surface area contributed by atoms with Crippen LogP contribution in [0.5, 0.6) is 0 Å². The first-order valence-corrected chi connectivity index (χ1v) is 16.4. The van der Waals surface area contributed by atoms with Gasteiger partial charge in [-0.25, -0.2) is 19.6 Å². The Balaban J connectivity index is 1.64. The Morgan fingerprint density at radius 3 is 1.12 bits per heavy atom. The fraction of sp³-hybridized carbons (Fsp3) is 0.143. The fourth-order valence-corrected chi connectivity index (χ4v) is 6.50. The minimum Gasteiger partial charge on any atom is -0.461 e. The maximum Gasteiger partial charge on any atom is 0.357 e. The summed E-state index contributed by atoms with van der Waals surface area (Å²) in [5, 5.41) is 1.41. The minimum absolute atomic E-state index is 0.128. The summed E-state index contributed by atoms with van der Waals surface area (Å²) in [6.07, 6.45) is 0. The molecule has 0 saturated heterocycles. The molecule has 0 unspecified atom stereocenters. The van der Waals surface area contributed by atoms with Crippen molar-refractivity contribution in [3.05, 3.63) is 178 Å². The van der Waals surface area contributed by atoms with Crippen LogP contribution in [0.1, 0.15) is 80.3 Å². The number of hydrogen-bond acceptors (Lipinski definition) is 7. The first-order valence-electron chi connectivity index (χ1n) is 16.4. The molecule has 0 radical (unpaired) electrons. The van der Waals surface area contributed by atoms with Crippen LogP contribution in [0.25, 0.3) is 21.9 Å². The number of hydrogen-bond donors (Lipinski definition) is 0. The lowest BCUT2D eigenvalue weighted by molar-refractivity contribution is 0.0510. The van der Waals surface area contributed by atoms with Gasteiger partial charge in [0, 0.05) is 12.1 Å². The SMILES string of the molecule is CCOC(=O)c1cc2oc3cc(C(=O)OCC)nc(C(c4ccccc4)c4ccccc4)c3c2c(C(c2ccccc2)c2ccccc2)n1. The maximum absolute atomic E-state index is 13.3. The lowest BCUT2D eigenvalue weighted by Crippen LogP contribution is -2.14. The maximum atomic E-state index is 13.3. The molecule has 3 aromatic heterocycles. The molecule has 0 fully saturated rings. The number of rotatable bonds is 10. The normalized spacial score (nSPS) is 11.3. The Kier molecular flexibility index (Phi) is 8.98. The third-order valence-corrected chi connectivity index (χ3v) is 8.54. The molecule has 3 heterocycles. The van der Waals surface area contributed by atoms with Crippen LogP contribution in [-0.4, -0.2) is 35.1 Å². The molecular weight excluding hydrogens is 612 g/mol. The van der Waals surface area contributed by atoms with Gasteiger partial charge in [0.15, 0.2) is 11.4 Å². The van der Waals surface area contributed by atoms with Crippen LogP contribution in [0.4, 0.5) is 0 Å². The summed E-state index contributed by atoms with van der Waals surface area (Å²) in [5.74, 6) is -1.87. The van der Waals surface area contributed by atoms with Gasteiger partial charge in [0.1, 0.15) is 11.2 Å². The molecule has 0 bridgehead atoms. The molecule has 7 heteroatoms. The largest absolute Gasteiger partial charge is 0.461 e. The number of fused-ring (bicyclic) bond motifs is 3. The van der Waals surface area contributed by atoms with Crippen molar-refractivity contribution in [3.8, 4) is 0 Å². The average molecular weight is 647 g/mol. The van der Waals surface area contributed by atoms with Crippen molar-refractivity contribution in [2.24, 2.45) is 0 Å². The number of pyridine rings is 2. The first kappa shape index (κ1) is 31.5. The van der Waals surface area contributed by atoms with Crippen molar-refractivity contribution in [1.29, 1.82) is 0 Å². The Labute approximate surface area is 284 Å². The van der Waals surface area contributed by atoms with E-state index in [2.05, 4.69) is 48.5 Å². The number of carbonyl (C=O) groups is 2. The second kappa shape index (κ2) is 14.0. The molecule has 0 saturated carbocycles. The molecule has 49 heavy (non-hydrogen) atoms. The second-order valence-corrected chi connectivity index (χ2v) is 11.6. The van der Waals surface area contributed by atoms with Crippen LogP contribution in [0.2, 0.25) is 0 Å². The zero-order chi connectivity index (χ0) is 33.7. The van der Waals surface area contributed by atoms with E-state index in [-0.39, 0.29) is 36.4 Å². The molecule has 0 spiro atoms. The van der Waals surface area contributed by atoms with Crippen molar-refractivity contribution in [3.63, 3.8) is 0 Å². The van der Waals surface area contributed by atoms with Crippen molar-refractivity contribution >= 4 is 33.9 Å². The van der Waals surface area contributed by atoms with Crippen LogP contribution >= 0.6 is 0 Å². The van der Waals surface area contributed by atoms with Crippen LogP contribution < -0.4 is 0 Å². The summed E-state index contributed by atoms with van der Waals surface area (Å²) in [7, 11) is 0. The molecule has 0 aliphatic heterocycles. The van der Waals surface area contributed by atoms with E-state index in [4.69, 9.17) is 23.9 Å². The summed E-state index contributed by atoms with van der Waals surface area (Å²) in [4.78, 5) is 36.8. The molecule has 7 rings (SSSR count). The molecule has 7 nitrogen and oxygen atoms in total. The number of ether oxygens (including phenoxy) is 2. The van der Waals surface area contributed by atoms with Gasteiger partial charge >= 0.3 is 11.9 Å². The van der Waals surface area contributed by atoms with Gasteiger partial charge in [0.05, 0.1) is 47.2 Å². The van der Waals surface area contributed by atoms with Gasteiger partial charge in [0.2, 0.25) is 0 Å². The minimum atomic E-state index is -0.553. The summed E-state index contributed by atoms with van der Waals surface area (Å²) >= 11 is 0. The summed E-state index contributed by atoms with van der Waals surface area (Å²) in [6, 6.07) is 43.5. The van der Waals surface area contributed by atoms with Gasteiger partial charge < -0.3 is 13.9 Å². The summed E-state index contributed by atoms with van der Waals surface area (Å²) < 4.78 is 17.5. The standard InChI is InChI=1S/C42H34N2O5/c1-3-47-41(45)31-25-33-37(39(43-31)35(27-17-9-5-10-18-27)28-19-11-6-12-20-28)38-34(49-33)26-32(42(46)48-4-2)44-40(38)36(29-21-13-7-14-22-29)30-23-15-8-16-24-30/h5-26,35-36H,3-4H2,1-2H3. The third kappa shape index (κ3) is 6.19. The zero-order valence-corrected chi connectivity index (χ0v) is 27.2.